The molecule has 1 atom stereocenters. The van der Waals surface area contributed by atoms with Crippen molar-refractivity contribution in [2.45, 2.75) is 38.3 Å². The summed E-state index contributed by atoms with van der Waals surface area (Å²) in [4.78, 5) is 31.8. The highest BCUT2D eigenvalue weighted by Gasteiger charge is 2.28. The number of hydrogen-bond acceptors (Lipinski definition) is 6. The Balaban J connectivity index is 1.52. The minimum Gasteiger partial charge on any atom is -0.348 e. The zero-order chi connectivity index (χ0) is 17.2. The van der Waals surface area contributed by atoms with Crippen LogP contribution in [-0.4, -0.2) is 36.1 Å². The Labute approximate surface area is 142 Å². The number of rotatable bonds is 3. The summed E-state index contributed by atoms with van der Waals surface area (Å²) in [6.07, 6.45) is 2.57. The minimum absolute atomic E-state index is 0.150. The van der Waals surface area contributed by atoms with Crippen LogP contribution in [-0.2, 0) is 17.9 Å². The molecular formula is C16H17N7O2. The molecule has 0 saturated heterocycles. The predicted molar refractivity (Wildman–Crippen MR) is 88.6 cm³/mol. The number of para-hydroxylation sites is 1. The normalized spacial score (nSPS) is 17.0. The summed E-state index contributed by atoms with van der Waals surface area (Å²) in [5.74, 6) is 0.471. The van der Waals surface area contributed by atoms with Gasteiger partial charge in [-0.15, -0.1) is 5.10 Å². The van der Waals surface area contributed by atoms with Gasteiger partial charge in [-0.1, -0.05) is 18.6 Å². The molecule has 128 valence electrons. The third kappa shape index (κ3) is 3.00. The van der Waals surface area contributed by atoms with E-state index in [2.05, 4.69) is 30.8 Å². The van der Waals surface area contributed by atoms with Gasteiger partial charge >= 0.3 is 0 Å². The number of aromatic amines is 1. The van der Waals surface area contributed by atoms with Gasteiger partial charge in [0.15, 0.2) is 5.82 Å². The lowest BCUT2D eigenvalue weighted by atomic mass is 10.0. The molecule has 3 heterocycles. The summed E-state index contributed by atoms with van der Waals surface area (Å²) in [5.41, 5.74) is 0.391. The molecule has 9 heteroatoms. The van der Waals surface area contributed by atoms with Crippen LogP contribution in [0.4, 0.5) is 0 Å². The van der Waals surface area contributed by atoms with Gasteiger partial charge in [0.25, 0.3) is 5.56 Å². The predicted octanol–water partition coefficient (Wildman–Crippen LogP) is 0.493. The second-order valence-corrected chi connectivity index (χ2v) is 6.06. The zero-order valence-electron chi connectivity index (χ0n) is 13.5. The fourth-order valence-electron chi connectivity index (χ4n) is 3.12. The molecule has 9 nitrogen and oxygen atoms in total. The van der Waals surface area contributed by atoms with E-state index < -0.39 is 0 Å². The van der Waals surface area contributed by atoms with Crippen molar-refractivity contribution < 1.29 is 4.79 Å². The third-order valence-electron chi connectivity index (χ3n) is 4.39. The number of carbonyl (C=O) groups excluding carboxylic acids is 1. The van der Waals surface area contributed by atoms with Crippen molar-refractivity contribution in [2.75, 3.05) is 0 Å². The van der Waals surface area contributed by atoms with Crippen molar-refractivity contribution in [3.63, 3.8) is 0 Å². The Morgan fingerprint density at radius 3 is 3.12 bits per heavy atom. The van der Waals surface area contributed by atoms with Crippen molar-refractivity contribution in [3.8, 4) is 0 Å². The Hall–Kier alpha value is -3.10. The molecular weight excluding hydrogens is 322 g/mol. The Morgan fingerprint density at radius 1 is 1.32 bits per heavy atom. The topological polar surface area (TPSA) is 118 Å². The average Bonchev–Trinajstić information content (AvgIpc) is 2.99. The number of amides is 1. The van der Waals surface area contributed by atoms with E-state index in [0.717, 1.165) is 19.4 Å². The number of hydrogen-bond donors (Lipinski definition) is 2. The van der Waals surface area contributed by atoms with Gasteiger partial charge < -0.3 is 10.3 Å². The highest BCUT2D eigenvalue weighted by Crippen LogP contribution is 2.23. The second kappa shape index (κ2) is 6.42. The molecule has 3 aromatic rings. The lowest BCUT2D eigenvalue weighted by Crippen LogP contribution is -2.31. The Kier molecular flexibility index (Phi) is 3.96. The monoisotopic (exact) mass is 339 g/mol. The summed E-state index contributed by atoms with van der Waals surface area (Å²) < 4.78 is 1.69. The molecule has 25 heavy (non-hydrogen) atoms. The standard InChI is InChI=1S/C16H17N7O2/c24-15(11-6-3-4-8-23-14(11)20-21-22-23)17-9-13-18-12-7-2-1-5-10(12)16(25)19-13/h1-2,5,7,11H,3-4,6,8-9H2,(H,17,24)(H,18,19,25)/t11-/m0/s1. The maximum absolute atomic E-state index is 12.6. The van der Waals surface area contributed by atoms with Crippen LogP contribution in [0.15, 0.2) is 29.1 Å². The molecule has 2 N–H and O–H groups in total. The molecule has 0 fully saturated rings. The summed E-state index contributed by atoms with van der Waals surface area (Å²) >= 11 is 0. The molecule has 0 spiro atoms. The van der Waals surface area contributed by atoms with Gasteiger partial charge in [-0.25, -0.2) is 9.67 Å². The summed E-state index contributed by atoms with van der Waals surface area (Å²) in [6.45, 7) is 0.878. The van der Waals surface area contributed by atoms with Crippen LogP contribution in [0.2, 0.25) is 0 Å². The molecule has 0 aliphatic carbocycles. The molecule has 1 aromatic carbocycles. The number of nitrogens with zero attached hydrogens (tertiary/aromatic N) is 5. The molecule has 2 aromatic heterocycles. The Morgan fingerprint density at radius 2 is 2.20 bits per heavy atom. The number of nitrogens with one attached hydrogen (secondary N) is 2. The first kappa shape index (κ1) is 15.4. The fourth-order valence-corrected chi connectivity index (χ4v) is 3.12. The van der Waals surface area contributed by atoms with Crippen LogP contribution in [0.5, 0.6) is 0 Å². The molecule has 0 unspecified atom stereocenters. The zero-order valence-corrected chi connectivity index (χ0v) is 13.5. The molecule has 0 bridgehead atoms. The van der Waals surface area contributed by atoms with Gasteiger partial charge in [0.05, 0.1) is 23.4 Å². The van der Waals surface area contributed by atoms with E-state index in [1.807, 2.05) is 6.07 Å². The van der Waals surface area contributed by atoms with Crippen LogP contribution in [0.3, 0.4) is 0 Å². The van der Waals surface area contributed by atoms with Crippen molar-refractivity contribution >= 4 is 16.8 Å². The number of aryl methyl sites for hydroxylation is 1. The van der Waals surface area contributed by atoms with Crippen molar-refractivity contribution in [2.24, 2.45) is 0 Å². The molecule has 0 saturated carbocycles. The first-order valence-electron chi connectivity index (χ1n) is 8.24. The van der Waals surface area contributed by atoms with Crippen molar-refractivity contribution in [1.29, 1.82) is 0 Å². The summed E-state index contributed by atoms with van der Waals surface area (Å²) in [6, 6.07) is 7.10. The van der Waals surface area contributed by atoms with E-state index in [0.29, 0.717) is 29.0 Å². The van der Waals surface area contributed by atoms with E-state index in [1.54, 1.807) is 22.9 Å². The van der Waals surface area contributed by atoms with Crippen LogP contribution in [0.1, 0.15) is 36.8 Å². The lowest BCUT2D eigenvalue weighted by Gasteiger charge is -2.13. The van der Waals surface area contributed by atoms with Crippen LogP contribution < -0.4 is 10.9 Å². The lowest BCUT2D eigenvalue weighted by molar-refractivity contribution is -0.123. The quantitative estimate of drug-likeness (QED) is 0.717. The van der Waals surface area contributed by atoms with Crippen molar-refractivity contribution in [3.05, 3.63) is 46.3 Å². The van der Waals surface area contributed by atoms with Crippen LogP contribution in [0, 0.1) is 0 Å². The fraction of sp³-hybridized carbons (Fsp3) is 0.375. The van der Waals surface area contributed by atoms with E-state index >= 15 is 0 Å². The maximum Gasteiger partial charge on any atom is 0.258 e. The van der Waals surface area contributed by atoms with Gasteiger partial charge in [-0.2, -0.15) is 0 Å². The van der Waals surface area contributed by atoms with Crippen LogP contribution in [0.25, 0.3) is 10.9 Å². The van der Waals surface area contributed by atoms with Gasteiger partial charge in [0, 0.05) is 6.54 Å². The van der Waals surface area contributed by atoms with Gasteiger partial charge in [0.1, 0.15) is 5.82 Å². The largest absolute Gasteiger partial charge is 0.348 e. The van der Waals surface area contributed by atoms with Gasteiger partial charge in [0.2, 0.25) is 5.91 Å². The number of fused-ring (bicyclic) bond motifs is 2. The van der Waals surface area contributed by atoms with E-state index in [1.165, 1.54) is 0 Å². The molecule has 1 aliphatic heterocycles. The highest BCUT2D eigenvalue weighted by atomic mass is 16.2. The van der Waals surface area contributed by atoms with E-state index in [9.17, 15) is 9.59 Å². The van der Waals surface area contributed by atoms with Gasteiger partial charge in [-0.3, -0.25) is 9.59 Å². The number of H-pyrrole nitrogens is 1. The third-order valence-corrected chi connectivity index (χ3v) is 4.39. The Bertz CT molecular complexity index is 978. The molecule has 1 aliphatic rings. The molecule has 0 radical (unpaired) electrons. The van der Waals surface area contributed by atoms with Gasteiger partial charge in [-0.05, 0) is 35.4 Å². The first-order chi connectivity index (χ1) is 12.2. The van der Waals surface area contributed by atoms with E-state index in [4.69, 9.17) is 0 Å². The number of aromatic nitrogens is 6. The minimum atomic E-state index is -0.385. The van der Waals surface area contributed by atoms with Crippen molar-refractivity contribution in [1.82, 2.24) is 35.5 Å². The second-order valence-electron chi connectivity index (χ2n) is 6.06. The maximum atomic E-state index is 12.6. The van der Waals surface area contributed by atoms with Crippen LogP contribution >= 0.6 is 0 Å². The SMILES string of the molecule is O=C(NCc1nc2ccccc2c(=O)[nH]1)[C@H]1CCCCn2nnnc21. The van der Waals surface area contributed by atoms with E-state index in [-0.39, 0.29) is 23.9 Å². The molecule has 4 rings (SSSR count). The number of benzene rings is 1. The number of tetrazole rings is 1. The summed E-state index contributed by atoms with van der Waals surface area (Å²) in [5, 5.41) is 15.0. The summed E-state index contributed by atoms with van der Waals surface area (Å²) in [7, 11) is 0. The smallest absolute Gasteiger partial charge is 0.258 e. The first-order valence-corrected chi connectivity index (χ1v) is 8.24. The highest BCUT2D eigenvalue weighted by molar-refractivity contribution is 5.82. The average molecular weight is 339 g/mol. The number of carbonyl (C=O) groups is 1. The molecule has 1 amide bonds.